The number of nitrogens with zero attached hydrogens (tertiary/aromatic N) is 1. The van der Waals surface area contributed by atoms with E-state index in [1.165, 1.54) is 100 Å². The minimum absolute atomic E-state index is 0.0892. The molecule has 0 aromatic heterocycles. The van der Waals surface area contributed by atoms with E-state index >= 15 is 0 Å². The summed E-state index contributed by atoms with van der Waals surface area (Å²) < 4.78 is 0. The maximum Gasteiger partial charge on any atom is 0.0536 e. The minimum atomic E-state index is -0.0892. The number of hydrogen-bond donors (Lipinski definition) is 0. The molecule has 0 saturated carbocycles. The largest absolute Gasteiger partial charge is 0.310 e. The van der Waals surface area contributed by atoms with Gasteiger partial charge in [-0.05, 0) is 140 Å². The van der Waals surface area contributed by atoms with Gasteiger partial charge in [-0.25, -0.2) is 0 Å². The molecule has 3 aliphatic carbocycles. The SMILES string of the molecule is C/C=C\C=C(/CC)c1ccccc1N(c1ccc(-c2ccc3c(c2)Cc2ccc4c(c2-3)-c2ccccc2C4)cc1)c1ccc2c(c1)C(C)(C)c1ccccc1-2.CC. The van der Waals surface area contributed by atoms with E-state index in [2.05, 4.69) is 196 Å². The Morgan fingerprint density at radius 3 is 1.91 bits per heavy atom. The van der Waals surface area contributed by atoms with E-state index in [0.717, 1.165) is 24.9 Å². The number of anilines is 3. The van der Waals surface area contributed by atoms with Gasteiger partial charge < -0.3 is 4.90 Å². The summed E-state index contributed by atoms with van der Waals surface area (Å²) in [5, 5.41) is 0. The van der Waals surface area contributed by atoms with Crippen molar-refractivity contribution in [2.45, 2.75) is 66.2 Å². The topological polar surface area (TPSA) is 3.24 Å². The normalized spacial score (nSPS) is 13.9. The minimum Gasteiger partial charge on any atom is -0.310 e. The Balaban J connectivity index is 0.00000208. The number of para-hydroxylation sites is 1. The zero-order valence-electron chi connectivity index (χ0n) is 34.2. The predicted octanol–water partition coefficient (Wildman–Crippen LogP) is 15.7. The van der Waals surface area contributed by atoms with Gasteiger partial charge in [0, 0.05) is 22.4 Å². The molecule has 0 spiro atoms. The Kier molecular flexibility index (Phi) is 9.41. The summed E-state index contributed by atoms with van der Waals surface area (Å²) in [5.74, 6) is 0. The molecule has 0 heterocycles. The molecule has 0 bridgehead atoms. The highest BCUT2D eigenvalue weighted by Gasteiger charge is 2.36. The van der Waals surface area contributed by atoms with Gasteiger partial charge >= 0.3 is 0 Å². The van der Waals surface area contributed by atoms with Crippen molar-refractivity contribution in [2.75, 3.05) is 4.90 Å². The molecule has 3 aliphatic rings. The Morgan fingerprint density at radius 2 is 1.16 bits per heavy atom. The lowest BCUT2D eigenvalue weighted by atomic mass is 9.82. The number of allylic oxidation sites excluding steroid dienone is 4. The van der Waals surface area contributed by atoms with Gasteiger partial charge in [0.2, 0.25) is 0 Å². The van der Waals surface area contributed by atoms with Gasteiger partial charge in [0.05, 0.1) is 5.69 Å². The molecule has 0 atom stereocenters. The van der Waals surface area contributed by atoms with Crippen LogP contribution in [0, 0.1) is 0 Å². The van der Waals surface area contributed by atoms with Crippen molar-refractivity contribution < 1.29 is 0 Å². The van der Waals surface area contributed by atoms with E-state index in [9.17, 15) is 0 Å². The van der Waals surface area contributed by atoms with Crippen LogP contribution >= 0.6 is 0 Å². The lowest BCUT2D eigenvalue weighted by Crippen LogP contribution is -2.17. The smallest absolute Gasteiger partial charge is 0.0536 e. The van der Waals surface area contributed by atoms with Crippen LogP contribution in [0.1, 0.15) is 86.9 Å². The van der Waals surface area contributed by atoms with Crippen LogP contribution in [0.3, 0.4) is 0 Å². The zero-order valence-corrected chi connectivity index (χ0v) is 34.2. The number of benzene rings is 7. The lowest BCUT2D eigenvalue weighted by molar-refractivity contribution is 0.660. The van der Waals surface area contributed by atoms with Crippen molar-refractivity contribution in [2.24, 2.45) is 0 Å². The average molecular weight is 738 g/mol. The highest BCUT2D eigenvalue weighted by atomic mass is 15.1. The van der Waals surface area contributed by atoms with Gasteiger partial charge in [0.25, 0.3) is 0 Å². The fraction of sp³-hybridized carbons (Fsp3) is 0.179. The molecule has 7 aromatic carbocycles. The van der Waals surface area contributed by atoms with Gasteiger partial charge in [-0.15, -0.1) is 0 Å². The summed E-state index contributed by atoms with van der Waals surface area (Å²) in [6, 6.07) is 55.0. The highest BCUT2D eigenvalue weighted by molar-refractivity contribution is 5.96. The second-order valence-corrected chi connectivity index (χ2v) is 15.9. The van der Waals surface area contributed by atoms with Crippen LogP contribution in [-0.2, 0) is 18.3 Å². The van der Waals surface area contributed by atoms with Crippen LogP contribution < -0.4 is 4.90 Å². The average Bonchev–Trinajstić information content (AvgIpc) is 3.89. The molecule has 0 N–H and O–H groups in total. The van der Waals surface area contributed by atoms with E-state index in [4.69, 9.17) is 0 Å². The standard InChI is InChI=1S/C54H45N.C2H6/c1-5-7-14-35(6-2)44-16-11-13-20-51(44)55(43-28-30-48-47-18-10-12-19-49(47)54(3,4)50(48)34-43)42-26-23-36(24-27-42)37-25-29-46-41(31-37)33-40-22-21-39-32-38-15-8-9-17-45(38)52(39)53(40)46;1-2/h5,7-31,34H,6,32-33H2,1-4H3;1-2H3/b7-5-,35-14+;. The first-order valence-electron chi connectivity index (χ1n) is 20.9. The molecule has 1 heteroatoms. The van der Waals surface area contributed by atoms with Crippen LogP contribution in [0.25, 0.3) is 50.1 Å². The molecule has 10 rings (SSSR count). The molecule has 0 fully saturated rings. The van der Waals surface area contributed by atoms with Crippen molar-refractivity contribution in [1.82, 2.24) is 0 Å². The molecular weight excluding hydrogens is 687 g/mol. The van der Waals surface area contributed by atoms with Crippen molar-refractivity contribution >= 4 is 22.6 Å². The second-order valence-electron chi connectivity index (χ2n) is 15.9. The van der Waals surface area contributed by atoms with Crippen LogP contribution in [-0.4, -0.2) is 0 Å². The summed E-state index contributed by atoms with van der Waals surface area (Å²) in [6.45, 7) is 13.1. The van der Waals surface area contributed by atoms with E-state index < -0.39 is 0 Å². The summed E-state index contributed by atoms with van der Waals surface area (Å²) in [7, 11) is 0. The first-order valence-corrected chi connectivity index (χ1v) is 20.9. The van der Waals surface area contributed by atoms with E-state index in [-0.39, 0.29) is 5.41 Å². The number of rotatable bonds is 7. The maximum absolute atomic E-state index is 2.47. The van der Waals surface area contributed by atoms with E-state index in [1.54, 1.807) is 0 Å². The molecular formula is C56H51N. The summed E-state index contributed by atoms with van der Waals surface area (Å²) in [5.41, 5.74) is 25.4. The molecule has 0 unspecified atom stereocenters. The van der Waals surface area contributed by atoms with Crippen molar-refractivity contribution in [3.05, 3.63) is 203 Å². The van der Waals surface area contributed by atoms with Gasteiger partial charge in [-0.1, -0.05) is 168 Å². The molecule has 1 nitrogen and oxygen atoms in total. The first kappa shape index (κ1) is 36.5. The fourth-order valence-electron chi connectivity index (χ4n) is 9.70. The second kappa shape index (κ2) is 14.7. The monoisotopic (exact) mass is 737 g/mol. The molecule has 0 radical (unpaired) electrons. The Morgan fingerprint density at radius 1 is 0.561 bits per heavy atom. The Labute approximate surface area is 339 Å². The third-order valence-electron chi connectivity index (χ3n) is 12.4. The summed E-state index contributed by atoms with van der Waals surface area (Å²) >= 11 is 0. The van der Waals surface area contributed by atoms with E-state index in [0.29, 0.717) is 0 Å². The van der Waals surface area contributed by atoms with Gasteiger partial charge in [0.1, 0.15) is 0 Å². The Hall–Kier alpha value is -6.18. The first-order chi connectivity index (χ1) is 27.9. The van der Waals surface area contributed by atoms with Crippen LogP contribution in [0.2, 0.25) is 0 Å². The van der Waals surface area contributed by atoms with Crippen molar-refractivity contribution in [3.63, 3.8) is 0 Å². The Bertz CT molecular complexity index is 2720. The lowest BCUT2D eigenvalue weighted by Gasteiger charge is -2.30. The third-order valence-corrected chi connectivity index (χ3v) is 12.4. The molecule has 57 heavy (non-hydrogen) atoms. The van der Waals surface area contributed by atoms with Crippen LogP contribution in [0.4, 0.5) is 17.1 Å². The van der Waals surface area contributed by atoms with Gasteiger partial charge in [-0.3, -0.25) is 0 Å². The quantitative estimate of drug-likeness (QED) is 0.147. The highest BCUT2D eigenvalue weighted by Crippen LogP contribution is 2.52. The van der Waals surface area contributed by atoms with Gasteiger partial charge in [-0.2, -0.15) is 0 Å². The van der Waals surface area contributed by atoms with Gasteiger partial charge in [0.15, 0.2) is 0 Å². The molecule has 0 saturated heterocycles. The number of hydrogen-bond acceptors (Lipinski definition) is 1. The molecule has 0 aliphatic heterocycles. The maximum atomic E-state index is 2.47. The molecule has 280 valence electrons. The predicted molar refractivity (Wildman–Crippen MR) is 245 cm³/mol. The zero-order chi connectivity index (χ0) is 39.3. The number of fused-ring (bicyclic) bond motifs is 10. The summed E-state index contributed by atoms with van der Waals surface area (Å²) in [6.07, 6.45) is 9.49. The summed E-state index contributed by atoms with van der Waals surface area (Å²) in [4.78, 5) is 2.47. The van der Waals surface area contributed by atoms with Crippen LogP contribution in [0.15, 0.2) is 164 Å². The van der Waals surface area contributed by atoms with Crippen LogP contribution in [0.5, 0.6) is 0 Å². The van der Waals surface area contributed by atoms with E-state index in [1.807, 2.05) is 13.8 Å². The third kappa shape index (κ3) is 6.00. The van der Waals surface area contributed by atoms with Crippen molar-refractivity contribution in [3.8, 4) is 44.5 Å². The fourth-order valence-corrected chi connectivity index (χ4v) is 9.70. The molecule has 0 amide bonds. The molecule has 7 aromatic rings. The van der Waals surface area contributed by atoms with Crippen molar-refractivity contribution in [1.29, 1.82) is 0 Å².